The summed E-state index contributed by atoms with van der Waals surface area (Å²) in [6, 6.07) is 7.78. The van der Waals surface area contributed by atoms with Crippen molar-refractivity contribution in [3.8, 4) is 0 Å². The van der Waals surface area contributed by atoms with Gasteiger partial charge >= 0.3 is 5.97 Å². The van der Waals surface area contributed by atoms with Gasteiger partial charge in [0.1, 0.15) is 5.02 Å². The Kier molecular flexibility index (Phi) is 5.61. The Morgan fingerprint density at radius 1 is 1.20 bits per heavy atom. The standard InChI is InChI=1S/C16H12Cl2N2O5/c1-8(9-2-4-10(5-3-9)16(22)23)19-15(21)12-6-11(17)7-13(14(12)18)20(24)25/h2-8H,1H3,(H,19,21)(H,22,23)/t8-/m0/s1. The first-order chi connectivity index (χ1) is 11.7. The molecule has 0 saturated carbocycles. The predicted molar refractivity (Wildman–Crippen MR) is 92.4 cm³/mol. The van der Waals surface area contributed by atoms with E-state index >= 15 is 0 Å². The largest absolute Gasteiger partial charge is 0.478 e. The molecular formula is C16H12Cl2N2O5. The second-order valence-electron chi connectivity index (χ2n) is 5.17. The van der Waals surface area contributed by atoms with Crippen molar-refractivity contribution >= 4 is 40.8 Å². The maximum atomic E-state index is 12.4. The first-order valence-corrected chi connectivity index (χ1v) is 7.74. The lowest BCUT2D eigenvalue weighted by molar-refractivity contribution is -0.384. The topological polar surface area (TPSA) is 110 Å². The Hall–Kier alpha value is -2.64. The maximum absolute atomic E-state index is 12.4. The summed E-state index contributed by atoms with van der Waals surface area (Å²) in [4.78, 5) is 33.5. The van der Waals surface area contributed by atoms with Gasteiger partial charge in [-0.3, -0.25) is 14.9 Å². The molecule has 0 radical (unpaired) electrons. The number of nitro groups is 1. The van der Waals surface area contributed by atoms with Crippen LogP contribution in [0.1, 0.15) is 39.2 Å². The van der Waals surface area contributed by atoms with Crippen LogP contribution in [0.15, 0.2) is 36.4 Å². The summed E-state index contributed by atoms with van der Waals surface area (Å²) in [6.07, 6.45) is 0. The number of nitrogens with one attached hydrogen (secondary N) is 1. The molecule has 0 spiro atoms. The SMILES string of the molecule is C[C@H](NC(=O)c1cc(Cl)cc([N+](=O)[O-])c1Cl)c1ccc(C(=O)O)cc1. The summed E-state index contributed by atoms with van der Waals surface area (Å²) < 4.78 is 0. The minimum atomic E-state index is -1.05. The molecule has 9 heteroatoms. The van der Waals surface area contributed by atoms with Crippen molar-refractivity contribution in [3.05, 3.63) is 73.2 Å². The van der Waals surface area contributed by atoms with Gasteiger partial charge < -0.3 is 10.4 Å². The second kappa shape index (κ2) is 7.50. The second-order valence-corrected chi connectivity index (χ2v) is 5.98. The number of carbonyl (C=O) groups is 2. The molecule has 0 saturated heterocycles. The van der Waals surface area contributed by atoms with Crippen LogP contribution in [0.25, 0.3) is 0 Å². The van der Waals surface area contributed by atoms with Crippen molar-refractivity contribution < 1.29 is 19.6 Å². The molecule has 2 aromatic rings. The van der Waals surface area contributed by atoms with Crippen LogP contribution >= 0.6 is 23.2 Å². The third-order valence-electron chi connectivity index (χ3n) is 3.46. The highest BCUT2D eigenvalue weighted by atomic mass is 35.5. The van der Waals surface area contributed by atoms with E-state index in [0.29, 0.717) is 5.56 Å². The number of halogens is 2. The molecule has 0 bridgehead atoms. The van der Waals surface area contributed by atoms with Gasteiger partial charge in [-0.25, -0.2) is 4.79 Å². The van der Waals surface area contributed by atoms with E-state index in [1.54, 1.807) is 19.1 Å². The van der Waals surface area contributed by atoms with Crippen LogP contribution in [0.2, 0.25) is 10.0 Å². The number of nitrogens with zero attached hydrogens (tertiary/aromatic N) is 1. The molecule has 2 aromatic carbocycles. The molecular weight excluding hydrogens is 371 g/mol. The van der Waals surface area contributed by atoms with Crippen molar-refractivity contribution in [1.29, 1.82) is 0 Å². The van der Waals surface area contributed by atoms with Gasteiger partial charge in [0.25, 0.3) is 11.6 Å². The lowest BCUT2D eigenvalue weighted by atomic mass is 10.1. The fourth-order valence-electron chi connectivity index (χ4n) is 2.15. The lowest BCUT2D eigenvalue weighted by Gasteiger charge is -2.15. The van der Waals surface area contributed by atoms with E-state index in [1.807, 2.05) is 0 Å². The number of nitro benzene ring substituents is 1. The minimum Gasteiger partial charge on any atom is -0.478 e. The number of hydrogen-bond acceptors (Lipinski definition) is 4. The number of carboxylic acid groups (broad SMARTS) is 1. The number of aromatic carboxylic acids is 1. The molecule has 25 heavy (non-hydrogen) atoms. The summed E-state index contributed by atoms with van der Waals surface area (Å²) >= 11 is 11.7. The van der Waals surface area contributed by atoms with Gasteiger partial charge in [0.05, 0.1) is 22.1 Å². The Labute approximate surface area is 152 Å². The van der Waals surface area contributed by atoms with Crippen molar-refractivity contribution in [2.75, 3.05) is 0 Å². The smallest absolute Gasteiger partial charge is 0.335 e. The molecule has 1 amide bonds. The van der Waals surface area contributed by atoms with Gasteiger partial charge in [0.2, 0.25) is 0 Å². The first kappa shape index (κ1) is 18.7. The first-order valence-electron chi connectivity index (χ1n) is 6.98. The normalized spacial score (nSPS) is 11.6. The number of benzene rings is 2. The minimum absolute atomic E-state index is 0.0136. The molecule has 130 valence electrons. The third-order valence-corrected chi connectivity index (χ3v) is 4.08. The van der Waals surface area contributed by atoms with E-state index in [-0.39, 0.29) is 21.2 Å². The molecule has 0 aliphatic heterocycles. The molecule has 0 unspecified atom stereocenters. The maximum Gasteiger partial charge on any atom is 0.335 e. The van der Waals surface area contributed by atoms with Crippen LogP contribution in [-0.4, -0.2) is 21.9 Å². The molecule has 0 aliphatic carbocycles. The zero-order valence-corrected chi connectivity index (χ0v) is 14.3. The van der Waals surface area contributed by atoms with E-state index in [9.17, 15) is 19.7 Å². The molecule has 2 rings (SSSR count). The monoisotopic (exact) mass is 382 g/mol. The summed E-state index contributed by atoms with van der Waals surface area (Å²) in [5.74, 6) is -1.69. The number of amides is 1. The fourth-order valence-corrected chi connectivity index (χ4v) is 2.62. The third kappa shape index (κ3) is 4.26. The zero-order valence-electron chi connectivity index (χ0n) is 12.8. The van der Waals surface area contributed by atoms with Crippen LogP contribution in [0.3, 0.4) is 0 Å². The Bertz CT molecular complexity index is 852. The van der Waals surface area contributed by atoms with Gasteiger partial charge in [-0.2, -0.15) is 0 Å². The lowest BCUT2D eigenvalue weighted by Crippen LogP contribution is -2.27. The van der Waals surface area contributed by atoms with Crippen molar-refractivity contribution in [3.63, 3.8) is 0 Å². The van der Waals surface area contributed by atoms with Crippen LogP contribution in [0.4, 0.5) is 5.69 Å². The van der Waals surface area contributed by atoms with Crippen molar-refractivity contribution in [2.45, 2.75) is 13.0 Å². The molecule has 0 aromatic heterocycles. The Morgan fingerprint density at radius 2 is 1.80 bits per heavy atom. The van der Waals surface area contributed by atoms with Gasteiger partial charge in [0, 0.05) is 11.1 Å². The molecule has 0 heterocycles. The highest BCUT2D eigenvalue weighted by molar-refractivity contribution is 6.37. The van der Waals surface area contributed by atoms with E-state index in [2.05, 4.69) is 5.32 Å². The van der Waals surface area contributed by atoms with Crippen LogP contribution in [0, 0.1) is 10.1 Å². The van der Waals surface area contributed by atoms with E-state index < -0.39 is 28.5 Å². The highest BCUT2D eigenvalue weighted by Gasteiger charge is 2.23. The number of rotatable bonds is 5. The fraction of sp³-hybridized carbons (Fsp3) is 0.125. The van der Waals surface area contributed by atoms with Crippen molar-refractivity contribution in [1.82, 2.24) is 5.32 Å². The number of carbonyl (C=O) groups excluding carboxylic acids is 1. The summed E-state index contributed by atoms with van der Waals surface area (Å²) in [6.45, 7) is 1.68. The van der Waals surface area contributed by atoms with Gasteiger partial charge in [0.15, 0.2) is 0 Å². The predicted octanol–water partition coefficient (Wildman–Crippen LogP) is 4.09. The highest BCUT2D eigenvalue weighted by Crippen LogP contribution is 2.32. The average Bonchev–Trinajstić information content (AvgIpc) is 2.56. The average molecular weight is 383 g/mol. The quantitative estimate of drug-likeness (QED) is 0.597. The van der Waals surface area contributed by atoms with E-state index in [4.69, 9.17) is 28.3 Å². The summed E-state index contributed by atoms with van der Waals surface area (Å²) in [5, 5.41) is 22.2. The molecule has 0 fully saturated rings. The number of carboxylic acids is 1. The van der Waals surface area contributed by atoms with Crippen LogP contribution in [0.5, 0.6) is 0 Å². The van der Waals surface area contributed by atoms with E-state index in [0.717, 1.165) is 6.07 Å². The zero-order chi connectivity index (χ0) is 18.7. The van der Waals surface area contributed by atoms with E-state index in [1.165, 1.54) is 18.2 Å². The van der Waals surface area contributed by atoms with Crippen LogP contribution in [-0.2, 0) is 0 Å². The Balaban J connectivity index is 2.24. The molecule has 7 nitrogen and oxygen atoms in total. The molecule has 0 aliphatic rings. The molecule has 1 atom stereocenters. The number of hydrogen-bond donors (Lipinski definition) is 2. The molecule has 2 N–H and O–H groups in total. The van der Waals surface area contributed by atoms with Gasteiger partial charge in [-0.1, -0.05) is 35.3 Å². The van der Waals surface area contributed by atoms with Gasteiger partial charge in [-0.15, -0.1) is 0 Å². The van der Waals surface area contributed by atoms with Gasteiger partial charge in [-0.05, 0) is 30.7 Å². The van der Waals surface area contributed by atoms with Crippen molar-refractivity contribution in [2.24, 2.45) is 0 Å². The Morgan fingerprint density at radius 3 is 2.32 bits per heavy atom. The summed E-state index contributed by atoms with van der Waals surface area (Å²) in [5.41, 5.74) is 0.203. The summed E-state index contributed by atoms with van der Waals surface area (Å²) in [7, 11) is 0. The van der Waals surface area contributed by atoms with Crippen LogP contribution < -0.4 is 5.32 Å².